The van der Waals surface area contributed by atoms with Gasteiger partial charge in [-0.15, -0.1) is 0 Å². The second-order valence-corrected chi connectivity index (χ2v) is 10.7. The third-order valence-corrected chi connectivity index (χ3v) is 8.27. The summed E-state index contributed by atoms with van der Waals surface area (Å²) in [5, 5.41) is 4.75. The number of anilines is 2. The minimum absolute atomic E-state index is 0.0164. The Hall–Kier alpha value is -3.55. The summed E-state index contributed by atoms with van der Waals surface area (Å²) in [7, 11) is 3.62. The molecule has 1 saturated heterocycles. The summed E-state index contributed by atoms with van der Waals surface area (Å²) in [5.74, 6) is 2.10. The molecule has 1 aliphatic carbocycles. The maximum absolute atomic E-state index is 14.2. The molecule has 8 heteroatoms. The average Bonchev–Trinajstić information content (AvgIpc) is 3.68. The number of pyridine rings is 1. The van der Waals surface area contributed by atoms with Crippen LogP contribution in [0.3, 0.4) is 0 Å². The number of ether oxygens (including phenoxy) is 1. The van der Waals surface area contributed by atoms with Crippen LogP contribution >= 0.6 is 0 Å². The van der Waals surface area contributed by atoms with Crippen molar-refractivity contribution < 1.29 is 9.53 Å². The van der Waals surface area contributed by atoms with Gasteiger partial charge in [0.05, 0.1) is 19.7 Å². The maximum Gasteiger partial charge on any atom is 0.326 e. The number of rotatable bonds is 6. The fraction of sp³-hybridized carbons (Fsp3) is 0.483. The molecule has 1 unspecified atom stereocenters. The highest BCUT2D eigenvalue weighted by Gasteiger charge is 2.42. The van der Waals surface area contributed by atoms with E-state index in [9.17, 15) is 4.79 Å². The number of piperidine rings is 1. The molecule has 1 saturated carbocycles. The van der Waals surface area contributed by atoms with Crippen molar-refractivity contribution in [2.75, 3.05) is 30.0 Å². The van der Waals surface area contributed by atoms with Gasteiger partial charge in [-0.1, -0.05) is 24.3 Å². The molecule has 3 aliphatic rings. The zero-order chi connectivity index (χ0) is 25.7. The lowest BCUT2D eigenvalue weighted by Crippen LogP contribution is -2.55. The fourth-order valence-electron chi connectivity index (χ4n) is 6.23. The number of urea groups is 1. The quantitative estimate of drug-likeness (QED) is 0.467. The summed E-state index contributed by atoms with van der Waals surface area (Å²) in [6.07, 6.45) is 8.15. The number of aromatic nitrogens is 3. The number of nitrogens with zero attached hydrogens (tertiary/aromatic N) is 6. The summed E-state index contributed by atoms with van der Waals surface area (Å²) in [4.78, 5) is 25.0. The first kappa shape index (κ1) is 23.8. The standard InChI is InChI=1S/C29H36N6O2/c1-19-11-14-30-28(37-4)26(19)33-15-12-23(13-16-33)35-20(2)25-18-32(3)31-27(25)34(29(35)36)17-22-7-5-6-8-24(22)21-9-10-21/h5-8,11,14,18,20-21,23H,9-10,12-13,15-17H2,1-4H3. The first-order chi connectivity index (χ1) is 18.0. The Morgan fingerprint density at radius 1 is 1.05 bits per heavy atom. The van der Waals surface area contributed by atoms with Crippen LogP contribution in [-0.2, 0) is 13.6 Å². The first-order valence-electron chi connectivity index (χ1n) is 13.4. The van der Waals surface area contributed by atoms with E-state index in [1.54, 1.807) is 13.3 Å². The average molecular weight is 501 g/mol. The second kappa shape index (κ2) is 9.39. The first-order valence-corrected chi connectivity index (χ1v) is 13.4. The summed E-state index contributed by atoms with van der Waals surface area (Å²) in [6, 6.07) is 10.8. The van der Waals surface area contributed by atoms with E-state index in [1.807, 2.05) is 22.7 Å². The third-order valence-electron chi connectivity index (χ3n) is 8.27. The SMILES string of the molecule is COc1nccc(C)c1N1CCC(N2C(=O)N(Cc3ccccc3C3CC3)c3nn(C)cc3C2C)CC1. The molecular formula is C29H36N6O2. The molecule has 2 fully saturated rings. The van der Waals surface area contributed by atoms with Gasteiger partial charge in [-0.05, 0) is 68.2 Å². The Balaban J connectivity index is 1.27. The Morgan fingerprint density at radius 2 is 1.81 bits per heavy atom. The molecule has 2 aromatic heterocycles. The van der Waals surface area contributed by atoms with Crippen LogP contribution in [0.4, 0.5) is 16.3 Å². The number of carbonyl (C=O) groups excluding carboxylic acids is 1. The van der Waals surface area contributed by atoms with Crippen LogP contribution in [0, 0.1) is 6.92 Å². The lowest BCUT2D eigenvalue weighted by Gasteiger charge is -2.46. The van der Waals surface area contributed by atoms with Crippen LogP contribution in [0.2, 0.25) is 0 Å². The highest BCUT2D eigenvalue weighted by atomic mass is 16.5. The molecule has 0 bridgehead atoms. The normalized spacial score (nSPS) is 20.4. The number of carbonyl (C=O) groups is 1. The smallest absolute Gasteiger partial charge is 0.326 e. The zero-order valence-corrected chi connectivity index (χ0v) is 22.2. The third kappa shape index (κ3) is 4.22. The number of hydrogen-bond donors (Lipinski definition) is 0. The minimum atomic E-state index is -0.0164. The lowest BCUT2D eigenvalue weighted by molar-refractivity contribution is 0.136. The van der Waals surface area contributed by atoms with E-state index in [1.165, 1.54) is 24.0 Å². The van der Waals surface area contributed by atoms with Gasteiger partial charge in [0, 0.05) is 44.1 Å². The maximum atomic E-state index is 14.2. The van der Waals surface area contributed by atoms with Crippen molar-refractivity contribution in [2.45, 2.75) is 64.1 Å². The Kier molecular flexibility index (Phi) is 6.05. The zero-order valence-electron chi connectivity index (χ0n) is 22.2. The molecule has 4 heterocycles. The summed E-state index contributed by atoms with van der Waals surface area (Å²) in [6.45, 7) is 6.52. The van der Waals surface area contributed by atoms with Crippen molar-refractivity contribution in [1.29, 1.82) is 0 Å². The summed E-state index contributed by atoms with van der Waals surface area (Å²) < 4.78 is 7.41. The molecule has 0 radical (unpaired) electrons. The van der Waals surface area contributed by atoms with Crippen molar-refractivity contribution >= 4 is 17.5 Å². The van der Waals surface area contributed by atoms with Crippen molar-refractivity contribution in [1.82, 2.24) is 19.7 Å². The molecule has 0 N–H and O–H groups in total. The van der Waals surface area contributed by atoms with Crippen molar-refractivity contribution in [3.63, 3.8) is 0 Å². The molecule has 194 valence electrons. The van der Waals surface area contributed by atoms with E-state index in [4.69, 9.17) is 9.84 Å². The molecule has 1 atom stereocenters. The molecule has 3 aromatic rings. The minimum Gasteiger partial charge on any atom is -0.480 e. The van der Waals surface area contributed by atoms with Crippen LogP contribution in [0.25, 0.3) is 0 Å². The molecule has 6 rings (SSSR count). The predicted molar refractivity (Wildman–Crippen MR) is 144 cm³/mol. The molecule has 8 nitrogen and oxygen atoms in total. The molecular weight excluding hydrogens is 464 g/mol. The Labute approximate surface area is 218 Å². The van der Waals surface area contributed by atoms with Gasteiger partial charge in [0.2, 0.25) is 5.88 Å². The van der Waals surface area contributed by atoms with Crippen LogP contribution in [0.5, 0.6) is 5.88 Å². The van der Waals surface area contributed by atoms with Crippen LogP contribution in [0.15, 0.2) is 42.7 Å². The number of aryl methyl sites for hydroxylation is 2. The van der Waals surface area contributed by atoms with E-state index in [0.29, 0.717) is 18.3 Å². The van der Waals surface area contributed by atoms with E-state index in [0.717, 1.165) is 48.6 Å². The van der Waals surface area contributed by atoms with Crippen molar-refractivity contribution in [2.24, 2.45) is 7.05 Å². The van der Waals surface area contributed by atoms with Gasteiger partial charge in [0.15, 0.2) is 5.82 Å². The van der Waals surface area contributed by atoms with Gasteiger partial charge in [-0.2, -0.15) is 5.10 Å². The van der Waals surface area contributed by atoms with E-state index >= 15 is 0 Å². The predicted octanol–water partition coefficient (Wildman–Crippen LogP) is 5.18. The fourth-order valence-corrected chi connectivity index (χ4v) is 6.23. The Bertz CT molecular complexity index is 1310. The van der Waals surface area contributed by atoms with Gasteiger partial charge >= 0.3 is 6.03 Å². The van der Waals surface area contributed by atoms with Crippen LogP contribution in [-0.4, -0.2) is 51.9 Å². The summed E-state index contributed by atoms with van der Waals surface area (Å²) >= 11 is 0. The van der Waals surface area contributed by atoms with Gasteiger partial charge in [0.25, 0.3) is 0 Å². The van der Waals surface area contributed by atoms with E-state index < -0.39 is 0 Å². The van der Waals surface area contributed by atoms with Gasteiger partial charge in [-0.25, -0.2) is 9.78 Å². The number of amides is 2. The Morgan fingerprint density at radius 3 is 2.54 bits per heavy atom. The van der Waals surface area contributed by atoms with Gasteiger partial charge in [-0.3, -0.25) is 9.58 Å². The topological polar surface area (TPSA) is 66.7 Å². The monoisotopic (exact) mass is 500 g/mol. The summed E-state index contributed by atoms with van der Waals surface area (Å²) in [5.41, 5.74) is 5.96. The number of hydrogen-bond acceptors (Lipinski definition) is 5. The molecule has 0 spiro atoms. The number of fused-ring (bicyclic) bond motifs is 1. The van der Waals surface area contributed by atoms with Gasteiger partial charge in [0.1, 0.15) is 5.69 Å². The van der Waals surface area contributed by atoms with Crippen LogP contribution in [0.1, 0.15) is 66.8 Å². The van der Waals surface area contributed by atoms with Gasteiger partial charge < -0.3 is 14.5 Å². The van der Waals surface area contributed by atoms with E-state index in [-0.39, 0.29) is 18.1 Å². The second-order valence-electron chi connectivity index (χ2n) is 10.7. The molecule has 2 amide bonds. The lowest BCUT2D eigenvalue weighted by atomic mass is 9.96. The highest BCUT2D eigenvalue weighted by Crippen LogP contribution is 2.44. The molecule has 2 aliphatic heterocycles. The largest absolute Gasteiger partial charge is 0.480 e. The number of benzene rings is 1. The van der Waals surface area contributed by atoms with Crippen molar-refractivity contribution in [3.05, 3.63) is 65.0 Å². The van der Waals surface area contributed by atoms with E-state index in [2.05, 4.69) is 59.1 Å². The molecule has 1 aromatic carbocycles. The molecule has 37 heavy (non-hydrogen) atoms. The number of methoxy groups -OCH3 is 1. The highest BCUT2D eigenvalue weighted by molar-refractivity contribution is 5.94. The van der Waals surface area contributed by atoms with Crippen molar-refractivity contribution in [3.8, 4) is 5.88 Å². The van der Waals surface area contributed by atoms with Crippen LogP contribution < -0.4 is 14.5 Å².